The number of aliphatic hydroxyl groups excluding tert-OH is 1. The van der Waals surface area contributed by atoms with Crippen LogP contribution in [0.2, 0.25) is 0 Å². The second-order valence-corrected chi connectivity index (χ2v) is 2.62. The summed E-state index contributed by atoms with van der Waals surface area (Å²) in [5, 5.41) is 7.19. The Hall–Kier alpha value is -0.620. The summed E-state index contributed by atoms with van der Waals surface area (Å²) in [4.78, 5) is 0. The van der Waals surface area contributed by atoms with Crippen LogP contribution in [0.4, 0.5) is 0 Å². The molecule has 0 saturated carbocycles. The first-order valence-electron chi connectivity index (χ1n) is 3.82. The predicted molar refractivity (Wildman–Crippen MR) is 63.8 cm³/mol. The second-order valence-electron chi connectivity index (χ2n) is 1.80. The van der Waals surface area contributed by atoms with Gasteiger partial charge in [0.2, 0.25) is 0 Å². The Balaban J connectivity index is -0.000000125. The zero-order chi connectivity index (χ0) is 11.3. The Morgan fingerprint density at radius 2 is 1.46 bits per heavy atom. The maximum absolute atomic E-state index is 7.56. The maximum Gasteiger partial charge on any atom is 0.253 e. The van der Waals surface area contributed by atoms with Crippen LogP contribution >= 0.6 is 24.4 Å². The van der Waals surface area contributed by atoms with Crippen LogP contribution in [0.1, 0.15) is 27.2 Å². The lowest BCUT2D eigenvalue weighted by Gasteiger charge is -1.93. The van der Waals surface area contributed by atoms with Crippen molar-refractivity contribution in [1.29, 1.82) is 0 Å². The van der Waals surface area contributed by atoms with E-state index in [1.807, 2.05) is 6.92 Å². The van der Waals surface area contributed by atoms with E-state index in [4.69, 9.17) is 10.8 Å². The summed E-state index contributed by atoms with van der Waals surface area (Å²) < 4.78 is 4.55. The molecule has 0 aliphatic carbocycles. The minimum absolute atomic E-state index is 0.123. The molecule has 4 nitrogen and oxygen atoms in total. The van der Waals surface area contributed by atoms with Gasteiger partial charge in [-0.3, -0.25) is 0 Å². The third-order valence-electron chi connectivity index (χ3n) is 0.287. The molecule has 0 saturated heterocycles. The van der Waals surface area contributed by atoms with Gasteiger partial charge in [-0.1, -0.05) is 20.3 Å². The van der Waals surface area contributed by atoms with Gasteiger partial charge in [-0.15, -0.1) is 0 Å². The summed E-state index contributed by atoms with van der Waals surface area (Å²) in [6.45, 7) is 6.65. The van der Waals surface area contributed by atoms with Gasteiger partial charge in [-0.05, 0) is 31.4 Å². The fraction of sp³-hybridized carbons (Fsp3) is 0.714. The highest BCUT2D eigenvalue weighted by Crippen LogP contribution is 1.67. The molecule has 0 aromatic heterocycles. The smallest absolute Gasteiger partial charge is 0.253 e. The van der Waals surface area contributed by atoms with Crippen LogP contribution in [-0.4, -0.2) is 22.1 Å². The van der Waals surface area contributed by atoms with Gasteiger partial charge in [0.05, 0.1) is 6.61 Å². The van der Waals surface area contributed by atoms with Gasteiger partial charge in [-0.2, -0.15) is 0 Å². The third kappa shape index (κ3) is 177. The van der Waals surface area contributed by atoms with Gasteiger partial charge < -0.3 is 21.3 Å². The fourth-order valence-electron chi connectivity index (χ4n) is 0.142. The van der Waals surface area contributed by atoms with E-state index in [-0.39, 0.29) is 5.17 Å². The molecule has 0 aliphatic heterocycles. The standard InChI is InChI=1S/C3H7NOS.C3H8.CH3NOS/c1-2-5-3(4)6;1-3-2;2-1(3)4/h2H2,1H3,(H2,4,6);3H2,1-2H3;(H3,2,3,4). The van der Waals surface area contributed by atoms with Crippen molar-refractivity contribution in [2.75, 3.05) is 6.61 Å². The molecule has 0 radical (unpaired) electrons. The second kappa shape index (κ2) is 17.5. The zero-order valence-electron chi connectivity index (χ0n) is 8.24. The van der Waals surface area contributed by atoms with Crippen molar-refractivity contribution < 1.29 is 9.84 Å². The average Bonchev–Trinajstić information content (AvgIpc) is 1.86. The summed E-state index contributed by atoms with van der Waals surface area (Å²) in [5.74, 6) is 0. The van der Waals surface area contributed by atoms with E-state index in [0.717, 1.165) is 0 Å². The lowest BCUT2D eigenvalue weighted by atomic mass is 10.6. The van der Waals surface area contributed by atoms with Gasteiger partial charge in [0.1, 0.15) is 0 Å². The molecule has 0 spiro atoms. The molecule has 0 bridgehead atoms. The minimum Gasteiger partial charge on any atom is -0.487 e. The number of nitrogens with two attached hydrogens (primary N) is 2. The van der Waals surface area contributed by atoms with Gasteiger partial charge in [0.15, 0.2) is 0 Å². The Kier molecular flexibility index (Phi) is 24.5. The minimum atomic E-state index is -0.500. The molecule has 6 heteroatoms. The number of thiocarbonyl (C=S) groups is 2. The summed E-state index contributed by atoms with van der Waals surface area (Å²) in [6, 6.07) is 0. The molecule has 0 aromatic rings. The van der Waals surface area contributed by atoms with Crippen molar-refractivity contribution in [3.8, 4) is 0 Å². The van der Waals surface area contributed by atoms with Crippen LogP contribution in [0.15, 0.2) is 0 Å². The Labute approximate surface area is 90.2 Å². The van der Waals surface area contributed by atoms with E-state index in [1.54, 1.807) is 0 Å². The average molecular weight is 226 g/mol. The van der Waals surface area contributed by atoms with Crippen molar-refractivity contribution in [2.45, 2.75) is 27.2 Å². The van der Waals surface area contributed by atoms with Crippen molar-refractivity contribution in [3.05, 3.63) is 0 Å². The molecule has 0 amide bonds. The Morgan fingerprint density at radius 1 is 1.23 bits per heavy atom. The third-order valence-corrected chi connectivity index (χ3v) is 0.404. The van der Waals surface area contributed by atoms with Crippen LogP contribution < -0.4 is 11.5 Å². The molecule has 5 N–H and O–H groups in total. The molecule has 0 aliphatic rings. The number of hydrogen-bond donors (Lipinski definition) is 3. The zero-order valence-corrected chi connectivity index (χ0v) is 9.87. The highest BCUT2D eigenvalue weighted by Gasteiger charge is 1.76. The largest absolute Gasteiger partial charge is 0.487 e. The summed E-state index contributed by atoms with van der Waals surface area (Å²) in [7, 11) is 0. The highest BCUT2D eigenvalue weighted by atomic mass is 32.1. The van der Waals surface area contributed by atoms with Crippen LogP contribution in [0.25, 0.3) is 0 Å². The first-order valence-corrected chi connectivity index (χ1v) is 4.64. The van der Waals surface area contributed by atoms with E-state index < -0.39 is 5.17 Å². The van der Waals surface area contributed by atoms with Gasteiger partial charge in [0.25, 0.3) is 10.3 Å². The lowest BCUT2D eigenvalue weighted by Crippen LogP contribution is -2.11. The maximum atomic E-state index is 7.56. The first-order chi connectivity index (χ1) is 5.92. The van der Waals surface area contributed by atoms with Crippen LogP contribution in [0.3, 0.4) is 0 Å². The van der Waals surface area contributed by atoms with E-state index >= 15 is 0 Å². The predicted octanol–water partition coefficient (Wildman–Crippen LogP) is 1.47. The van der Waals surface area contributed by atoms with E-state index in [0.29, 0.717) is 6.61 Å². The van der Waals surface area contributed by atoms with Gasteiger partial charge in [0, 0.05) is 0 Å². The van der Waals surface area contributed by atoms with Crippen LogP contribution in [0, 0.1) is 0 Å². The number of aliphatic hydroxyl groups is 1. The monoisotopic (exact) mass is 226 g/mol. The fourth-order valence-corrected chi connectivity index (χ4v) is 0.260. The van der Waals surface area contributed by atoms with E-state index in [9.17, 15) is 0 Å². The van der Waals surface area contributed by atoms with Crippen LogP contribution in [0.5, 0.6) is 0 Å². The molecule has 0 rings (SSSR count). The Bertz CT molecular complexity index is 128. The quantitative estimate of drug-likeness (QED) is 0.587. The normalized spacial score (nSPS) is 6.69. The molecular weight excluding hydrogens is 208 g/mol. The molecule has 0 heterocycles. The molecule has 0 aromatic carbocycles. The molecule has 0 unspecified atom stereocenters. The topological polar surface area (TPSA) is 81.5 Å². The van der Waals surface area contributed by atoms with Gasteiger partial charge >= 0.3 is 0 Å². The van der Waals surface area contributed by atoms with Crippen molar-refractivity contribution in [3.63, 3.8) is 0 Å². The molecule has 0 atom stereocenters. The SMILES string of the molecule is CCC.CCOC(N)=S.NC(O)=S. The van der Waals surface area contributed by atoms with E-state index in [2.05, 4.69) is 48.8 Å². The van der Waals surface area contributed by atoms with Crippen molar-refractivity contribution >= 4 is 34.8 Å². The molecule has 13 heavy (non-hydrogen) atoms. The molecule has 80 valence electrons. The molecular formula is C7H18N2O2S2. The van der Waals surface area contributed by atoms with Gasteiger partial charge in [-0.25, -0.2) is 0 Å². The first kappa shape index (κ1) is 18.2. The summed E-state index contributed by atoms with van der Waals surface area (Å²) in [6.07, 6.45) is 1.25. The number of rotatable bonds is 1. The number of hydrogen-bond acceptors (Lipinski definition) is 3. The van der Waals surface area contributed by atoms with Crippen LogP contribution in [-0.2, 0) is 4.74 Å². The molecule has 0 fully saturated rings. The lowest BCUT2D eigenvalue weighted by molar-refractivity contribution is 0.331. The highest BCUT2D eigenvalue weighted by molar-refractivity contribution is 7.80. The number of ether oxygens (including phenoxy) is 1. The van der Waals surface area contributed by atoms with Crippen molar-refractivity contribution in [1.82, 2.24) is 0 Å². The van der Waals surface area contributed by atoms with E-state index in [1.165, 1.54) is 6.42 Å². The summed E-state index contributed by atoms with van der Waals surface area (Å²) >= 11 is 8.22. The van der Waals surface area contributed by atoms with Crippen molar-refractivity contribution in [2.24, 2.45) is 11.5 Å². The Morgan fingerprint density at radius 3 is 1.46 bits per heavy atom. The summed E-state index contributed by atoms with van der Waals surface area (Å²) in [5.41, 5.74) is 9.31.